The lowest BCUT2D eigenvalue weighted by Gasteiger charge is -2.15. The van der Waals surface area contributed by atoms with E-state index in [9.17, 15) is 19.2 Å². The number of fused-ring (bicyclic) bond motifs is 1. The molecule has 184 valence electrons. The van der Waals surface area contributed by atoms with Crippen molar-refractivity contribution in [1.29, 1.82) is 0 Å². The quantitative estimate of drug-likeness (QED) is 0.301. The highest BCUT2D eigenvalue weighted by Gasteiger charge is 2.37. The summed E-state index contributed by atoms with van der Waals surface area (Å²) in [5.74, 6) is -2.10. The maximum atomic E-state index is 12.6. The van der Waals surface area contributed by atoms with Crippen LogP contribution in [0.4, 0.5) is 0 Å². The summed E-state index contributed by atoms with van der Waals surface area (Å²) in [5, 5.41) is 0. The van der Waals surface area contributed by atoms with Gasteiger partial charge in [0.05, 0.1) is 11.3 Å². The van der Waals surface area contributed by atoms with Crippen molar-refractivity contribution in [3.8, 4) is 0 Å². The number of carbonyl (C=O) groups excluding carboxylic acids is 4. The van der Waals surface area contributed by atoms with Crippen LogP contribution in [-0.4, -0.2) is 35.1 Å². The normalized spacial score (nSPS) is 18.2. The maximum Gasteiger partial charge on any atom is 0.337 e. The smallest absolute Gasteiger partial charge is 0.337 e. The molecule has 2 atom stereocenters. The van der Waals surface area contributed by atoms with Crippen molar-refractivity contribution >= 4 is 23.9 Å². The van der Waals surface area contributed by atoms with E-state index in [1.54, 1.807) is 63.6 Å². The molecule has 0 radical (unpaired) electrons. The lowest BCUT2D eigenvalue weighted by molar-refractivity contribution is -0.153. The Morgan fingerprint density at radius 2 is 1.56 bits per heavy atom. The Bertz CT molecular complexity index is 1040. The van der Waals surface area contributed by atoms with E-state index in [1.165, 1.54) is 13.0 Å². The predicted octanol–water partition coefficient (Wildman–Crippen LogP) is 4.00. The van der Waals surface area contributed by atoms with Gasteiger partial charge in [-0.2, -0.15) is 0 Å². The molecule has 1 aromatic heterocycles. The van der Waals surface area contributed by atoms with E-state index < -0.39 is 36.2 Å². The highest BCUT2D eigenvalue weighted by molar-refractivity contribution is 5.91. The van der Waals surface area contributed by atoms with Crippen LogP contribution in [0, 0.1) is 0 Å². The first-order chi connectivity index (χ1) is 16.1. The monoisotopic (exact) mass is 473 g/mol. The minimum absolute atomic E-state index is 0.107. The fourth-order valence-electron chi connectivity index (χ4n) is 3.27. The molecule has 1 aliphatic rings. The van der Waals surface area contributed by atoms with E-state index in [4.69, 9.17) is 18.9 Å². The van der Waals surface area contributed by atoms with Crippen LogP contribution in [-0.2, 0) is 44.7 Å². The van der Waals surface area contributed by atoms with E-state index in [1.807, 2.05) is 0 Å². The van der Waals surface area contributed by atoms with Gasteiger partial charge in [-0.15, -0.1) is 0 Å². The molecule has 0 fully saturated rings. The molecular formula is C25H31NO8. The third-order valence-corrected chi connectivity index (χ3v) is 5.46. The van der Waals surface area contributed by atoms with Gasteiger partial charge in [0.1, 0.15) is 19.3 Å². The molecule has 9 heteroatoms. The molecule has 9 nitrogen and oxygen atoms in total. The van der Waals surface area contributed by atoms with Crippen molar-refractivity contribution in [2.75, 3.05) is 6.61 Å². The molecule has 0 bridgehead atoms. The molecule has 1 aliphatic heterocycles. The van der Waals surface area contributed by atoms with Crippen molar-refractivity contribution in [3.63, 3.8) is 0 Å². The number of rotatable bonds is 9. The van der Waals surface area contributed by atoms with Crippen LogP contribution in [0.5, 0.6) is 0 Å². The SMILES string of the molecule is CC=C(C)C(=O)OCC(=CC)C(=O)OCc1ccn2c1[C@@H](OC(=O)C(C)=CC)C[C@@H]2OC(C)=O. The van der Waals surface area contributed by atoms with E-state index in [0.29, 0.717) is 22.4 Å². The van der Waals surface area contributed by atoms with Crippen LogP contribution in [0.15, 0.2) is 47.2 Å². The molecule has 0 aromatic carbocycles. The molecule has 0 unspecified atom stereocenters. The summed E-state index contributed by atoms with van der Waals surface area (Å²) in [6, 6.07) is 1.71. The predicted molar refractivity (Wildman–Crippen MR) is 122 cm³/mol. The Morgan fingerprint density at radius 1 is 0.912 bits per heavy atom. The molecular weight excluding hydrogens is 442 g/mol. The van der Waals surface area contributed by atoms with Crippen LogP contribution in [0.25, 0.3) is 0 Å². The zero-order chi connectivity index (χ0) is 25.4. The highest BCUT2D eigenvalue weighted by Crippen LogP contribution is 2.41. The second kappa shape index (κ2) is 12.0. The van der Waals surface area contributed by atoms with E-state index in [0.717, 1.165) is 0 Å². The minimum atomic E-state index is -0.679. The second-order valence-corrected chi connectivity index (χ2v) is 7.74. The Morgan fingerprint density at radius 3 is 2.15 bits per heavy atom. The van der Waals surface area contributed by atoms with Gasteiger partial charge in [-0.25, -0.2) is 14.4 Å². The summed E-state index contributed by atoms with van der Waals surface area (Å²) in [5.41, 5.74) is 2.27. The maximum absolute atomic E-state index is 12.6. The summed E-state index contributed by atoms with van der Waals surface area (Å²) in [7, 11) is 0. The third kappa shape index (κ3) is 6.46. The van der Waals surface area contributed by atoms with Crippen molar-refractivity contribution in [2.45, 2.75) is 66.9 Å². The van der Waals surface area contributed by atoms with Crippen LogP contribution >= 0.6 is 0 Å². The lowest BCUT2D eigenvalue weighted by Crippen LogP contribution is -2.16. The Labute approximate surface area is 199 Å². The Hall–Kier alpha value is -3.62. The lowest BCUT2D eigenvalue weighted by atomic mass is 10.1. The topological polar surface area (TPSA) is 110 Å². The van der Waals surface area contributed by atoms with Gasteiger partial charge in [-0.3, -0.25) is 4.79 Å². The number of ether oxygens (including phenoxy) is 4. The third-order valence-electron chi connectivity index (χ3n) is 5.46. The molecule has 1 aromatic rings. The zero-order valence-corrected chi connectivity index (χ0v) is 20.4. The van der Waals surface area contributed by atoms with Crippen molar-refractivity contribution < 1.29 is 38.1 Å². The molecule has 0 saturated heterocycles. The molecule has 0 saturated carbocycles. The highest BCUT2D eigenvalue weighted by atomic mass is 16.6. The van der Waals surface area contributed by atoms with E-state index >= 15 is 0 Å². The molecule has 0 aliphatic carbocycles. The first kappa shape index (κ1) is 26.6. The summed E-state index contributed by atoms with van der Waals surface area (Å²) < 4.78 is 23.3. The van der Waals surface area contributed by atoms with Crippen molar-refractivity contribution in [2.24, 2.45) is 0 Å². The average molecular weight is 474 g/mol. The number of aromatic nitrogens is 1. The van der Waals surface area contributed by atoms with Gasteiger partial charge in [-0.1, -0.05) is 18.2 Å². The molecule has 0 N–H and O–H groups in total. The standard InChI is InChI=1S/C25H31NO8/c1-7-15(4)23(28)31-13-18(9-3)25(30)32-14-19-10-11-26-21(33-17(6)27)12-20(22(19)26)34-24(29)16(5)8-2/h7-11,20-21H,12-14H2,1-6H3/t20-,21-/m0/s1. The number of hydrogen-bond donors (Lipinski definition) is 0. The summed E-state index contributed by atoms with van der Waals surface area (Å²) >= 11 is 0. The van der Waals surface area contributed by atoms with Gasteiger partial charge in [0.25, 0.3) is 0 Å². The van der Waals surface area contributed by atoms with Crippen LogP contribution in [0.1, 0.15) is 71.6 Å². The molecule has 0 amide bonds. The molecule has 2 heterocycles. The second-order valence-electron chi connectivity index (χ2n) is 7.74. The number of allylic oxidation sites excluding steroid dienone is 3. The summed E-state index contributed by atoms with van der Waals surface area (Å²) in [4.78, 5) is 48.3. The van der Waals surface area contributed by atoms with Gasteiger partial charge < -0.3 is 23.5 Å². The van der Waals surface area contributed by atoms with Gasteiger partial charge in [-0.05, 0) is 40.7 Å². The first-order valence-electron chi connectivity index (χ1n) is 11.0. The minimum Gasteiger partial charge on any atom is -0.457 e. The fraction of sp³-hybridized carbons (Fsp3) is 0.440. The molecule has 34 heavy (non-hydrogen) atoms. The van der Waals surface area contributed by atoms with Crippen LogP contribution in [0.3, 0.4) is 0 Å². The number of hydrogen-bond acceptors (Lipinski definition) is 8. The Balaban J connectivity index is 2.14. The van der Waals surface area contributed by atoms with Crippen LogP contribution < -0.4 is 0 Å². The molecule has 0 spiro atoms. The molecule has 2 rings (SSSR count). The van der Waals surface area contributed by atoms with Crippen LogP contribution in [0.2, 0.25) is 0 Å². The Kier molecular flexibility index (Phi) is 9.41. The fourth-order valence-corrected chi connectivity index (χ4v) is 3.27. The van der Waals surface area contributed by atoms with E-state index in [2.05, 4.69) is 0 Å². The zero-order valence-electron chi connectivity index (χ0n) is 20.4. The van der Waals surface area contributed by atoms with E-state index in [-0.39, 0.29) is 25.2 Å². The largest absolute Gasteiger partial charge is 0.457 e. The van der Waals surface area contributed by atoms with Gasteiger partial charge in [0.2, 0.25) is 0 Å². The van der Waals surface area contributed by atoms with Gasteiger partial charge in [0.15, 0.2) is 6.23 Å². The summed E-state index contributed by atoms with van der Waals surface area (Å²) in [6.07, 6.45) is 5.41. The first-order valence-corrected chi connectivity index (χ1v) is 11.0. The number of esters is 4. The summed E-state index contributed by atoms with van der Waals surface area (Å²) in [6.45, 7) is 9.34. The number of nitrogens with zero attached hydrogens (tertiary/aromatic N) is 1. The van der Waals surface area contributed by atoms with Crippen molar-refractivity contribution in [1.82, 2.24) is 4.57 Å². The van der Waals surface area contributed by atoms with Gasteiger partial charge >= 0.3 is 23.9 Å². The van der Waals surface area contributed by atoms with Gasteiger partial charge in [0, 0.05) is 36.3 Å². The average Bonchev–Trinajstić information content (AvgIpc) is 3.37. The van der Waals surface area contributed by atoms with Crippen molar-refractivity contribution in [3.05, 3.63) is 58.5 Å². The number of carbonyl (C=O) groups is 4.